The van der Waals surface area contributed by atoms with E-state index in [-0.39, 0.29) is 17.4 Å². The minimum atomic E-state index is -1.96. The van der Waals surface area contributed by atoms with Gasteiger partial charge >= 0.3 is 5.97 Å². The summed E-state index contributed by atoms with van der Waals surface area (Å²) in [5.74, 6) is -1.12. The molecule has 178 valence electrons. The standard InChI is InChI=1S/C26H37N3O3Si/c1-9-29-23-13-12-20(18(3)25(23)27-28-29)22(15-24(30)31)21-11-10-17(2)14-19(21)16-32-33(7,8)26(4,5)6/h10-14,22H,9,15-16H2,1-8H3,(H,30,31). The number of aryl methyl sites for hydroxylation is 3. The number of fused-ring (bicyclic) bond motifs is 1. The Hall–Kier alpha value is -2.51. The van der Waals surface area contributed by atoms with Gasteiger partial charge < -0.3 is 9.53 Å². The lowest BCUT2D eigenvalue weighted by atomic mass is 9.83. The van der Waals surface area contributed by atoms with Gasteiger partial charge in [-0.05, 0) is 67.2 Å². The summed E-state index contributed by atoms with van der Waals surface area (Å²) < 4.78 is 8.41. The molecule has 2 aromatic carbocycles. The van der Waals surface area contributed by atoms with Crippen LogP contribution in [0.5, 0.6) is 0 Å². The molecule has 0 aliphatic rings. The summed E-state index contributed by atoms with van der Waals surface area (Å²) in [6.07, 6.45) is 0.00438. The van der Waals surface area contributed by atoms with Crippen LogP contribution in [0.4, 0.5) is 0 Å². The van der Waals surface area contributed by atoms with Crippen molar-refractivity contribution in [2.45, 2.75) is 85.2 Å². The van der Waals surface area contributed by atoms with Crippen LogP contribution in [-0.4, -0.2) is 34.4 Å². The molecule has 1 heterocycles. The third kappa shape index (κ3) is 5.19. The predicted octanol–water partition coefficient (Wildman–Crippen LogP) is 6.20. The van der Waals surface area contributed by atoms with E-state index in [0.29, 0.717) is 6.61 Å². The molecule has 3 rings (SSSR count). The summed E-state index contributed by atoms with van der Waals surface area (Å²) in [6.45, 7) is 18.5. The number of carboxylic acid groups (broad SMARTS) is 1. The molecule has 0 bridgehead atoms. The first-order valence-corrected chi connectivity index (χ1v) is 14.5. The normalized spacial score (nSPS) is 13.5. The summed E-state index contributed by atoms with van der Waals surface area (Å²) >= 11 is 0. The van der Waals surface area contributed by atoms with Crippen molar-refractivity contribution in [3.05, 3.63) is 58.1 Å². The van der Waals surface area contributed by atoms with Crippen molar-refractivity contribution in [3.63, 3.8) is 0 Å². The quantitative estimate of drug-likeness (QED) is 0.399. The maximum Gasteiger partial charge on any atom is 0.304 e. The Morgan fingerprint density at radius 3 is 2.42 bits per heavy atom. The smallest absolute Gasteiger partial charge is 0.304 e. The van der Waals surface area contributed by atoms with E-state index in [1.165, 1.54) is 0 Å². The van der Waals surface area contributed by atoms with E-state index in [2.05, 4.69) is 69.3 Å². The van der Waals surface area contributed by atoms with E-state index < -0.39 is 14.3 Å². The lowest BCUT2D eigenvalue weighted by molar-refractivity contribution is -0.137. The number of benzene rings is 2. The minimum absolute atomic E-state index is 0.00438. The van der Waals surface area contributed by atoms with E-state index in [0.717, 1.165) is 45.4 Å². The van der Waals surface area contributed by atoms with Crippen LogP contribution >= 0.6 is 0 Å². The van der Waals surface area contributed by atoms with Gasteiger partial charge in [-0.1, -0.05) is 55.8 Å². The summed E-state index contributed by atoms with van der Waals surface area (Å²) in [5.41, 5.74) is 6.96. The molecule has 33 heavy (non-hydrogen) atoms. The molecule has 0 saturated heterocycles. The zero-order valence-electron chi connectivity index (χ0n) is 21.2. The highest BCUT2D eigenvalue weighted by Gasteiger charge is 2.37. The van der Waals surface area contributed by atoms with Gasteiger partial charge in [0.15, 0.2) is 8.32 Å². The van der Waals surface area contributed by atoms with E-state index >= 15 is 0 Å². The zero-order chi connectivity index (χ0) is 24.6. The molecule has 0 aliphatic carbocycles. The molecule has 1 unspecified atom stereocenters. The van der Waals surface area contributed by atoms with Crippen molar-refractivity contribution in [2.24, 2.45) is 0 Å². The maximum absolute atomic E-state index is 12.0. The number of hydrogen-bond donors (Lipinski definition) is 1. The number of aliphatic carboxylic acids is 1. The average molecular weight is 468 g/mol. The fourth-order valence-corrected chi connectivity index (χ4v) is 4.98. The summed E-state index contributed by atoms with van der Waals surface area (Å²) in [6, 6.07) is 10.3. The summed E-state index contributed by atoms with van der Waals surface area (Å²) in [4.78, 5) is 12.0. The maximum atomic E-state index is 12.0. The van der Waals surface area contributed by atoms with Crippen LogP contribution in [0, 0.1) is 13.8 Å². The highest BCUT2D eigenvalue weighted by atomic mass is 28.4. The highest BCUT2D eigenvalue weighted by Crippen LogP contribution is 2.39. The Balaban J connectivity index is 2.10. The second-order valence-electron chi connectivity index (χ2n) is 10.5. The number of aromatic nitrogens is 3. The van der Waals surface area contributed by atoms with Crippen molar-refractivity contribution in [2.75, 3.05) is 0 Å². The minimum Gasteiger partial charge on any atom is -0.481 e. The van der Waals surface area contributed by atoms with Crippen LogP contribution in [0.2, 0.25) is 18.1 Å². The second-order valence-corrected chi connectivity index (χ2v) is 15.3. The zero-order valence-corrected chi connectivity index (χ0v) is 22.2. The number of carbonyl (C=O) groups is 1. The summed E-state index contributed by atoms with van der Waals surface area (Å²) in [7, 11) is -1.96. The van der Waals surface area contributed by atoms with Crippen LogP contribution in [0.15, 0.2) is 30.3 Å². The van der Waals surface area contributed by atoms with Gasteiger partial charge in [0.2, 0.25) is 0 Å². The molecule has 1 aromatic heterocycles. The molecular formula is C26H37N3O3Si. The Morgan fingerprint density at radius 1 is 1.15 bits per heavy atom. The third-order valence-corrected chi connectivity index (χ3v) is 11.6. The van der Waals surface area contributed by atoms with Gasteiger partial charge in [0, 0.05) is 12.5 Å². The summed E-state index contributed by atoms with van der Waals surface area (Å²) in [5, 5.41) is 18.5. The van der Waals surface area contributed by atoms with E-state index in [1.54, 1.807) is 0 Å². The molecule has 0 radical (unpaired) electrons. The van der Waals surface area contributed by atoms with Crippen LogP contribution < -0.4 is 0 Å². The van der Waals surface area contributed by atoms with Gasteiger partial charge in [0.1, 0.15) is 5.52 Å². The molecule has 0 amide bonds. The van der Waals surface area contributed by atoms with Gasteiger partial charge in [0.25, 0.3) is 0 Å². The molecule has 3 aromatic rings. The Labute approximate surface area is 198 Å². The average Bonchev–Trinajstić information content (AvgIpc) is 3.14. The van der Waals surface area contributed by atoms with Gasteiger partial charge in [-0.3, -0.25) is 4.79 Å². The Morgan fingerprint density at radius 2 is 1.82 bits per heavy atom. The van der Waals surface area contributed by atoms with Gasteiger partial charge in [-0.2, -0.15) is 0 Å². The fourth-order valence-electron chi connectivity index (χ4n) is 4.03. The first kappa shape index (κ1) is 25.1. The van der Waals surface area contributed by atoms with Crippen LogP contribution in [0.3, 0.4) is 0 Å². The third-order valence-electron chi connectivity index (χ3n) is 7.10. The lowest BCUT2D eigenvalue weighted by Crippen LogP contribution is -2.40. The molecule has 1 N–H and O–H groups in total. The van der Waals surface area contributed by atoms with Crippen molar-refractivity contribution in [1.82, 2.24) is 15.0 Å². The molecular weight excluding hydrogens is 430 g/mol. The SMILES string of the molecule is CCn1nnc2c(C)c(C(CC(=O)O)c3ccc(C)cc3CO[Si](C)(C)C(C)(C)C)ccc21. The van der Waals surface area contributed by atoms with Crippen molar-refractivity contribution in [1.29, 1.82) is 0 Å². The fraction of sp³-hybridized carbons (Fsp3) is 0.500. The first-order valence-electron chi connectivity index (χ1n) is 11.6. The largest absolute Gasteiger partial charge is 0.481 e. The number of hydrogen-bond acceptors (Lipinski definition) is 4. The number of carboxylic acids is 1. The van der Waals surface area contributed by atoms with Gasteiger partial charge in [-0.15, -0.1) is 5.10 Å². The van der Waals surface area contributed by atoms with Crippen molar-refractivity contribution in [3.8, 4) is 0 Å². The van der Waals surface area contributed by atoms with Crippen molar-refractivity contribution < 1.29 is 14.3 Å². The van der Waals surface area contributed by atoms with Crippen LogP contribution in [0.25, 0.3) is 11.0 Å². The van der Waals surface area contributed by atoms with E-state index in [4.69, 9.17) is 4.43 Å². The van der Waals surface area contributed by atoms with Crippen LogP contribution in [-0.2, 0) is 22.4 Å². The topological polar surface area (TPSA) is 77.2 Å². The van der Waals surface area contributed by atoms with E-state index in [1.807, 2.05) is 30.7 Å². The molecule has 0 fully saturated rings. The van der Waals surface area contributed by atoms with Crippen molar-refractivity contribution >= 4 is 25.3 Å². The van der Waals surface area contributed by atoms with Gasteiger partial charge in [0.05, 0.1) is 18.5 Å². The highest BCUT2D eigenvalue weighted by molar-refractivity contribution is 6.74. The molecule has 1 atom stereocenters. The lowest BCUT2D eigenvalue weighted by Gasteiger charge is -2.36. The molecule has 0 saturated carbocycles. The van der Waals surface area contributed by atoms with Crippen LogP contribution in [0.1, 0.15) is 67.9 Å². The Kier molecular flexibility index (Phi) is 7.15. The molecule has 7 heteroatoms. The predicted molar refractivity (Wildman–Crippen MR) is 135 cm³/mol. The monoisotopic (exact) mass is 467 g/mol. The molecule has 0 aliphatic heterocycles. The Bertz CT molecular complexity index is 1160. The number of rotatable bonds is 8. The van der Waals surface area contributed by atoms with E-state index in [9.17, 15) is 9.90 Å². The first-order chi connectivity index (χ1) is 15.4. The number of nitrogens with zero attached hydrogens (tertiary/aromatic N) is 3. The molecule has 0 spiro atoms. The van der Waals surface area contributed by atoms with Gasteiger partial charge in [-0.25, -0.2) is 4.68 Å². The molecule has 6 nitrogen and oxygen atoms in total. The second kappa shape index (κ2) is 9.39.